The molecule has 4 rings (SSSR count). The van der Waals surface area contributed by atoms with Crippen molar-refractivity contribution in [2.45, 2.75) is 19.9 Å². The highest BCUT2D eigenvalue weighted by molar-refractivity contribution is 7.10. The molecule has 0 saturated carbocycles. The molecule has 0 spiro atoms. The Bertz CT molecular complexity index is 1230. The first-order chi connectivity index (χ1) is 13.0. The van der Waals surface area contributed by atoms with Gasteiger partial charge < -0.3 is 9.15 Å². The Hall–Kier alpha value is -2.71. The summed E-state index contributed by atoms with van der Waals surface area (Å²) in [5.41, 5.74) is 0.731. The molecular formula is C19H16N2O4S2. The molecule has 3 aromatic heterocycles. The number of esters is 1. The van der Waals surface area contributed by atoms with Gasteiger partial charge in [0.2, 0.25) is 0 Å². The van der Waals surface area contributed by atoms with E-state index in [4.69, 9.17) is 9.15 Å². The van der Waals surface area contributed by atoms with Crippen LogP contribution in [0.1, 0.15) is 29.4 Å². The van der Waals surface area contributed by atoms with E-state index >= 15 is 0 Å². The number of carbonyl (C=O) groups excluding carboxylic acids is 1. The van der Waals surface area contributed by atoms with Crippen molar-refractivity contribution in [2.24, 2.45) is 4.99 Å². The molecule has 0 aliphatic carbocycles. The number of furan rings is 1. The first-order valence-corrected chi connectivity index (χ1v) is 9.90. The zero-order chi connectivity index (χ0) is 19.1. The highest BCUT2D eigenvalue weighted by Crippen LogP contribution is 2.32. The fourth-order valence-corrected chi connectivity index (χ4v) is 4.92. The maximum Gasteiger partial charge on any atom is 0.338 e. The average molecular weight is 400 g/mol. The molecule has 0 saturated heterocycles. The molecule has 4 heterocycles. The van der Waals surface area contributed by atoms with Crippen molar-refractivity contribution in [1.82, 2.24) is 4.57 Å². The number of thiazole rings is 1. The summed E-state index contributed by atoms with van der Waals surface area (Å²) >= 11 is 2.76. The minimum Gasteiger partial charge on any atom is -0.466 e. The molecule has 0 radical (unpaired) electrons. The number of methoxy groups -OCH3 is 1. The van der Waals surface area contributed by atoms with Crippen molar-refractivity contribution < 1.29 is 13.9 Å². The van der Waals surface area contributed by atoms with Gasteiger partial charge in [-0.25, -0.2) is 9.79 Å². The van der Waals surface area contributed by atoms with E-state index in [1.807, 2.05) is 36.6 Å². The summed E-state index contributed by atoms with van der Waals surface area (Å²) in [6.45, 7) is 3.61. The van der Waals surface area contributed by atoms with Crippen molar-refractivity contribution in [3.05, 3.63) is 77.0 Å². The Balaban J connectivity index is 1.98. The van der Waals surface area contributed by atoms with E-state index < -0.39 is 12.0 Å². The van der Waals surface area contributed by atoms with Crippen molar-refractivity contribution in [3.63, 3.8) is 0 Å². The average Bonchev–Trinajstić information content (AvgIpc) is 3.36. The number of hydrogen-bond acceptors (Lipinski definition) is 7. The van der Waals surface area contributed by atoms with Gasteiger partial charge in [0.15, 0.2) is 4.80 Å². The Morgan fingerprint density at radius 3 is 2.78 bits per heavy atom. The van der Waals surface area contributed by atoms with Crippen LogP contribution in [0, 0.1) is 6.92 Å². The maximum atomic E-state index is 13.2. The number of hydrogen-bond donors (Lipinski definition) is 0. The van der Waals surface area contributed by atoms with Gasteiger partial charge >= 0.3 is 5.97 Å². The molecule has 1 unspecified atom stereocenters. The Kier molecular flexibility index (Phi) is 4.45. The summed E-state index contributed by atoms with van der Waals surface area (Å²) in [6.07, 6.45) is 1.71. The zero-order valence-electron chi connectivity index (χ0n) is 14.9. The number of allylic oxidation sites excluding steroid dienone is 1. The van der Waals surface area contributed by atoms with Gasteiger partial charge in [-0.1, -0.05) is 17.4 Å². The van der Waals surface area contributed by atoms with Crippen LogP contribution in [0.25, 0.3) is 6.08 Å². The number of thiophene rings is 1. The molecule has 1 aliphatic heterocycles. The lowest BCUT2D eigenvalue weighted by Crippen LogP contribution is -2.39. The molecule has 8 heteroatoms. The van der Waals surface area contributed by atoms with Crippen LogP contribution in [0.2, 0.25) is 0 Å². The molecule has 3 aromatic rings. The van der Waals surface area contributed by atoms with E-state index in [1.54, 1.807) is 17.6 Å². The normalized spacial score (nSPS) is 17.0. The Morgan fingerprint density at radius 2 is 2.15 bits per heavy atom. The highest BCUT2D eigenvalue weighted by Gasteiger charge is 2.33. The van der Waals surface area contributed by atoms with Gasteiger partial charge in [-0.2, -0.15) is 0 Å². The minimum absolute atomic E-state index is 0.208. The van der Waals surface area contributed by atoms with Gasteiger partial charge in [0.1, 0.15) is 17.6 Å². The second-order valence-electron chi connectivity index (χ2n) is 6.04. The maximum absolute atomic E-state index is 13.2. The second kappa shape index (κ2) is 6.79. The summed E-state index contributed by atoms with van der Waals surface area (Å²) in [5, 5.41) is 1.92. The van der Waals surface area contributed by atoms with Gasteiger partial charge in [-0.3, -0.25) is 9.36 Å². The number of fused-ring (bicyclic) bond motifs is 1. The van der Waals surface area contributed by atoms with E-state index in [-0.39, 0.29) is 5.56 Å². The lowest BCUT2D eigenvalue weighted by Gasteiger charge is -2.22. The predicted octanol–water partition coefficient (Wildman–Crippen LogP) is 2.37. The van der Waals surface area contributed by atoms with Gasteiger partial charge in [-0.05, 0) is 37.4 Å². The Labute approximate surface area is 162 Å². The fourth-order valence-electron chi connectivity index (χ4n) is 3.07. The van der Waals surface area contributed by atoms with E-state index in [0.29, 0.717) is 26.4 Å². The molecule has 0 aromatic carbocycles. The highest BCUT2D eigenvalue weighted by atomic mass is 32.1. The van der Waals surface area contributed by atoms with Crippen molar-refractivity contribution >= 4 is 34.7 Å². The van der Waals surface area contributed by atoms with Gasteiger partial charge in [-0.15, -0.1) is 11.3 Å². The minimum atomic E-state index is -0.547. The third-order valence-corrected chi connectivity index (χ3v) is 6.18. The van der Waals surface area contributed by atoms with Crippen LogP contribution in [-0.2, 0) is 9.53 Å². The summed E-state index contributed by atoms with van der Waals surface area (Å²) in [5.74, 6) is 0.897. The van der Waals surface area contributed by atoms with E-state index in [2.05, 4.69) is 4.99 Å². The van der Waals surface area contributed by atoms with E-state index in [9.17, 15) is 9.59 Å². The molecule has 0 bridgehead atoms. The van der Waals surface area contributed by atoms with Crippen LogP contribution < -0.4 is 14.9 Å². The summed E-state index contributed by atoms with van der Waals surface area (Å²) in [4.78, 5) is 31.5. The van der Waals surface area contributed by atoms with Crippen molar-refractivity contribution in [1.29, 1.82) is 0 Å². The number of aromatic nitrogens is 1. The van der Waals surface area contributed by atoms with Gasteiger partial charge in [0.05, 0.1) is 22.9 Å². The lowest BCUT2D eigenvalue weighted by atomic mass is 10.0. The number of rotatable bonds is 3. The van der Waals surface area contributed by atoms with Crippen LogP contribution in [0.3, 0.4) is 0 Å². The van der Waals surface area contributed by atoms with Gasteiger partial charge in [0.25, 0.3) is 5.56 Å². The number of carbonyl (C=O) groups is 1. The monoisotopic (exact) mass is 400 g/mol. The third kappa shape index (κ3) is 3.00. The summed E-state index contributed by atoms with van der Waals surface area (Å²) in [7, 11) is 1.33. The SMILES string of the molecule is COC(=O)C1=C(C)N=c2s/c(=C/c3ccc(C)o3)c(=O)n2C1c1cccs1. The molecule has 0 fully saturated rings. The van der Waals surface area contributed by atoms with Gasteiger partial charge in [0, 0.05) is 11.0 Å². The lowest BCUT2D eigenvalue weighted by molar-refractivity contribution is -0.136. The standard InChI is InChI=1S/C19H16N2O4S2/c1-10-6-7-12(25-10)9-14-17(22)21-16(13-5-4-8-26-13)15(18(23)24-3)11(2)20-19(21)27-14/h4-9,16H,1-3H3/b14-9+. The molecular weight excluding hydrogens is 384 g/mol. The smallest absolute Gasteiger partial charge is 0.338 e. The molecule has 1 atom stereocenters. The fraction of sp³-hybridized carbons (Fsp3) is 0.211. The number of aryl methyl sites for hydroxylation is 1. The summed E-state index contributed by atoms with van der Waals surface area (Å²) < 4.78 is 12.6. The quantitative estimate of drug-likeness (QED) is 0.633. The number of nitrogens with zero attached hydrogens (tertiary/aromatic N) is 2. The largest absolute Gasteiger partial charge is 0.466 e. The van der Waals surface area contributed by atoms with Crippen LogP contribution in [0.5, 0.6) is 0 Å². The molecule has 27 heavy (non-hydrogen) atoms. The zero-order valence-corrected chi connectivity index (χ0v) is 16.5. The van der Waals surface area contributed by atoms with Crippen molar-refractivity contribution in [2.75, 3.05) is 7.11 Å². The van der Waals surface area contributed by atoms with Crippen LogP contribution in [0.4, 0.5) is 0 Å². The molecule has 138 valence electrons. The van der Waals surface area contributed by atoms with Crippen LogP contribution >= 0.6 is 22.7 Å². The number of ether oxygens (including phenoxy) is 1. The third-order valence-electron chi connectivity index (χ3n) is 4.27. The molecule has 1 aliphatic rings. The molecule has 0 amide bonds. The summed E-state index contributed by atoms with van der Waals surface area (Å²) in [6, 6.07) is 6.91. The van der Waals surface area contributed by atoms with Crippen molar-refractivity contribution in [3.8, 4) is 0 Å². The van der Waals surface area contributed by atoms with Crippen LogP contribution in [0.15, 0.2) is 55.1 Å². The first-order valence-electron chi connectivity index (χ1n) is 8.20. The van der Waals surface area contributed by atoms with E-state index in [0.717, 1.165) is 10.6 Å². The first kappa shape index (κ1) is 17.7. The van der Waals surface area contributed by atoms with E-state index in [1.165, 1.54) is 29.8 Å². The molecule has 0 N–H and O–H groups in total. The topological polar surface area (TPSA) is 73.8 Å². The Morgan fingerprint density at radius 1 is 1.33 bits per heavy atom. The second-order valence-corrected chi connectivity index (χ2v) is 8.03. The van der Waals surface area contributed by atoms with Crippen LogP contribution in [-0.4, -0.2) is 17.6 Å². The predicted molar refractivity (Wildman–Crippen MR) is 104 cm³/mol. The molecule has 6 nitrogen and oxygen atoms in total.